The number of hydrogen-bond donors (Lipinski definition) is 3. The number of rotatable bonds is 16. The average molecular weight is 366 g/mol. The van der Waals surface area contributed by atoms with Gasteiger partial charge in [0.25, 0.3) is 0 Å². The van der Waals surface area contributed by atoms with E-state index in [1.165, 1.54) is 6.42 Å². The Bertz CT molecular complexity index is 416. The van der Waals surface area contributed by atoms with Crippen molar-refractivity contribution in [2.24, 2.45) is 0 Å². The number of unbranched alkanes of at least 4 members (excludes halogenated alkanes) is 5. The summed E-state index contributed by atoms with van der Waals surface area (Å²) in [6.45, 7) is 4.00. The normalized spacial score (nSPS) is 14.5. The Hall–Kier alpha value is -1.39. The Morgan fingerprint density at radius 3 is 2.00 bits per heavy atom. The lowest BCUT2D eigenvalue weighted by molar-refractivity contribution is -0.123. The van der Waals surface area contributed by atoms with Crippen LogP contribution in [0.5, 0.6) is 0 Å². The van der Waals surface area contributed by atoms with Crippen LogP contribution in [0.1, 0.15) is 78.1 Å². The molecule has 0 rings (SSSR count). The van der Waals surface area contributed by atoms with Gasteiger partial charge in [-0.05, 0) is 38.5 Å². The van der Waals surface area contributed by atoms with Crippen LogP contribution in [0.3, 0.4) is 0 Å². The van der Waals surface area contributed by atoms with Crippen LogP contribution in [0, 0.1) is 0 Å². The summed E-state index contributed by atoms with van der Waals surface area (Å²) in [4.78, 5) is 11.8. The Morgan fingerprint density at radius 1 is 0.885 bits per heavy atom. The zero-order chi connectivity index (χ0) is 19.5. The molecule has 0 aliphatic heterocycles. The maximum Gasteiger partial charge on any atom is 0.220 e. The van der Waals surface area contributed by atoms with Crippen molar-refractivity contribution in [2.45, 2.75) is 90.2 Å². The summed E-state index contributed by atoms with van der Waals surface area (Å²) in [6.07, 6.45) is 21.1. The highest BCUT2D eigenvalue weighted by Crippen LogP contribution is 2.03. The van der Waals surface area contributed by atoms with Gasteiger partial charge in [-0.1, -0.05) is 69.6 Å². The van der Waals surface area contributed by atoms with E-state index in [1.807, 2.05) is 6.08 Å². The fraction of sp³-hybridized carbons (Fsp3) is 0.682. The van der Waals surface area contributed by atoms with E-state index in [2.05, 4.69) is 43.5 Å². The second kappa shape index (κ2) is 18.4. The van der Waals surface area contributed by atoms with Crippen LogP contribution in [-0.2, 0) is 4.79 Å². The topological polar surface area (TPSA) is 69.6 Å². The molecule has 150 valence electrons. The molecular weight excluding hydrogens is 326 g/mol. The van der Waals surface area contributed by atoms with Gasteiger partial charge in [0, 0.05) is 6.42 Å². The number of allylic oxidation sites excluding steroid dienone is 5. The minimum absolute atomic E-state index is 0.110. The van der Waals surface area contributed by atoms with Gasteiger partial charge in [-0.15, -0.1) is 0 Å². The molecule has 4 nitrogen and oxygen atoms in total. The highest BCUT2D eigenvalue weighted by molar-refractivity contribution is 5.76. The van der Waals surface area contributed by atoms with Gasteiger partial charge in [0.05, 0.1) is 18.8 Å². The van der Waals surface area contributed by atoms with E-state index in [4.69, 9.17) is 0 Å². The number of carbonyl (C=O) groups is 1. The molecule has 1 amide bonds. The van der Waals surface area contributed by atoms with Gasteiger partial charge in [0.1, 0.15) is 0 Å². The van der Waals surface area contributed by atoms with Crippen LogP contribution < -0.4 is 5.32 Å². The largest absolute Gasteiger partial charge is 0.394 e. The third kappa shape index (κ3) is 14.9. The second-order valence-electron chi connectivity index (χ2n) is 6.62. The molecule has 0 aliphatic rings. The SMILES string of the molecule is CCC/C=C/CC/C=C/CC/C=C/C(O)C(CO)NC(=O)CCCCC. The third-order valence-electron chi connectivity index (χ3n) is 4.08. The lowest BCUT2D eigenvalue weighted by atomic mass is 10.1. The first kappa shape index (κ1) is 24.6. The molecule has 2 unspecified atom stereocenters. The predicted molar refractivity (Wildman–Crippen MR) is 110 cm³/mol. The molecule has 0 aliphatic carbocycles. The van der Waals surface area contributed by atoms with Gasteiger partial charge < -0.3 is 15.5 Å². The summed E-state index contributed by atoms with van der Waals surface area (Å²) >= 11 is 0. The van der Waals surface area contributed by atoms with Gasteiger partial charge in [-0.25, -0.2) is 0 Å². The number of amides is 1. The summed E-state index contributed by atoms with van der Waals surface area (Å²) in [5.74, 6) is -0.110. The monoisotopic (exact) mass is 365 g/mol. The van der Waals surface area contributed by atoms with Gasteiger partial charge in [-0.2, -0.15) is 0 Å². The van der Waals surface area contributed by atoms with Crippen molar-refractivity contribution in [2.75, 3.05) is 6.61 Å². The molecule has 0 aromatic rings. The Morgan fingerprint density at radius 2 is 1.46 bits per heavy atom. The lowest BCUT2D eigenvalue weighted by Gasteiger charge is -2.19. The molecular formula is C22H39NO3. The Labute approximate surface area is 160 Å². The van der Waals surface area contributed by atoms with Crippen molar-refractivity contribution >= 4 is 5.91 Å². The van der Waals surface area contributed by atoms with Crippen LogP contribution in [0.15, 0.2) is 36.5 Å². The number of nitrogens with one attached hydrogen (secondary N) is 1. The molecule has 0 aromatic carbocycles. The summed E-state index contributed by atoms with van der Waals surface area (Å²) in [5.41, 5.74) is 0. The van der Waals surface area contributed by atoms with Crippen molar-refractivity contribution in [3.8, 4) is 0 Å². The maximum atomic E-state index is 11.8. The molecule has 0 bridgehead atoms. The van der Waals surface area contributed by atoms with Crippen LogP contribution in [0.4, 0.5) is 0 Å². The number of hydrogen-bond acceptors (Lipinski definition) is 3. The summed E-state index contributed by atoms with van der Waals surface area (Å²) in [6, 6.07) is -0.633. The molecule has 26 heavy (non-hydrogen) atoms. The van der Waals surface area contributed by atoms with E-state index < -0.39 is 12.1 Å². The summed E-state index contributed by atoms with van der Waals surface area (Å²) in [5, 5.41) is 22.2. The average Bonchev–Trinajstić information content (AvgIpc) is 2.64. The van der Waals surface area contributed by atoms with E-state index in [9.17, 15) is 15.0 Å². The molecule has 0 aromatic heterocycles. The Kier molecular flexibility index (Phi) is 17.4. The van der Waals surface area contributed by atoms with Crippen molar-refractivity contribution < 1.29 is 15.0 Å². The van der Waals surface area contributed by atoms with E-state index in [1.54, 1.807) is 6.08 Å². The van der Waals surface area contributed by atoms with Crippen LogP contribution in [0.2, 0.25) is 0 Å². The highest BCUT2D eigenvalue weighted by atomic mass is 16.3. The van der Waals surface area contributed by atoms with Crippen molar-refractivity contribution in [3.63, 3.8) is 0 Å². The van der Waals surface area contributed by atoms with Crippen LogP contribution >= 0.6 is 0 Å². The zero-order valence-corrected chi connectivity index (χ0v) is 16.7. The minimum atomic E-state index is -0.859. The first-order valence-corrected chi connectivity index (χ1v) is 10.2. The molecule has 0 saturated heterocycles. The number of aliphatic hydroxyl groups is 2. The van der Waals surface area contributed by atoms with Crippen LogP contribution in [-0.4, -0.2) is 34.9 Å². The van der Waals surface area contributed by atoms with E-state index in [0.717, 1.165) is 51.4 Å². The van der Waals surface area contributed by atoms with E-state index >= 15 is 0 Å². The van der Waals surface area contributed by atoms with Gasteiger partial charge in [-0.3, -0.25) is 4.79 Å². The molecule has 0 radical (unpaired) electrons. The standard InChI is InChI=1S/C22H39NO3/c1-3-5-7-8-9-10-11-12-13-14-16-17-21(25)20(19-24)23-22(26)18-15-6-4-2/h7-8,11-12,16-17,20-21,24-25H,3-6,9-10,13-15,18-19H2,1-2H3,(H,23,26)/b8-7+,12-11+,17-16+. The molecule has 4 heteroatoms. The van der Waals surface area contributed by atoms with E-state index in [-0.39, 0.29) is 12.5 Å². The number of carbonyl (C=O) groups excluding carboxylic acids is 1. The molecule has 0 saturated carbocycles. The number of aliphatic hydroxyl groups excluding tert-OH is 2. The minimum Gasteiger partial charge on any atom is -0.394 e. The van der Waals surface area contributed by atoms with Gasteiger partial charge in [0.15, 0.2) is 0 Å². The third-order valence-corrected chi connectivity index (χ3v) is 4.08. The summed E-state index contributed by atoms with van der Waals surface area (Å²) < 4.78 is 0. The zero-order valence-electron chi connectivity index (χ0n) is 16.7. The van der Waals surface area contributed by atoms with Crippen LogP contribution in [0.25, 0.3) is 0 Å². The van der Waals surface area contributed by atoms with Crippen molar-refractivity contribution in [3.05, 3.63) is 36.5 Å². The first-order chi connectivity index (χ1) is 12.7. The molecule has 0 fully saturated rings. The van der Waals surface area contributed by atoms with Gasteiger partial charge >= 0.3 is 0 Å². The Balaban J connectivity index is 3.93. The quantitative estimate of drug-likeness (QED) is 0.280. The van der Waals surface area contributed by atoms with Crippen molar-refractivity contribution in [1.29, 1.82) is 0 Å². The molecule has 0 heterocycles. The fourth-order valence-corrected chi connectivity index (χ4v) is 2.45. The van der Waals surface area contributed by atoms with Gasteiger partial charge in [0.2, 0.25) is 5.91 Å². The molecule has 3 N–H and O–H groups in total. The van der Waals surface area contributed by atoms with Crippen molar-refractivity contribution in [1.82, 2.24) is 5.32 Å². The maximum absolute atomic E-state index is 11.8. The predicted octanol–water partition coefficient (Wildman–Crippen LogP) is 4.43. The lowest BCUT2D eigenvalue weighted by Crippen LogP contribution is -2.45. The first-order valence-electron chi connectivity index (χ1n) is 10.2. The van der Waals surface area contributed by atoms with E-state index in [0.29, 0.717) is 6.42 Å². The fourth-order valence-electron chi connectivity index (χ4n) is 2.45. The molecule has 0 spiro atoms. The molecule has 2 atom stereocenters. The summed E-state index contributed by atoms with van der Waals surface area (Å²) in [7, 11) is 0. The second-order valence-corrected chi connectivity index (χ2v) is 6.62. The smallest absolute Gasteiger partial charge is 0.220 e. The highest BCUT2D eigenvalue weighted by Gasteiger charge is 2.17.